The minimum atomic E-state index is 0.854. The lowest BCUT2D eigenvalue weighted by Crippen LogP contribution is -2.13. The van der Waals surface area contributed by atoms with E-state index in [1.54, 1.807) is 11.3 Å². The molecule has 0 amide bonds. The summed E-state index contributed by atoms with van der Waals surface area (Å²) in [5.74, 6) is 0. The highest BCUT2D eigenvalue weighted by molar-refractivity contribution is 7.09. The predicted octanol–water partition coefficient (Wildman–Crippen LogP) is 3.65. The van der Waals surface area contributed by atoms with Gasteiger partial charge in [-0.05, 0) is 36.0 Å². The monoisotopic (exact) mass is 285 g/mol. The highest BCUT2D eigenvalue weighted by atomic mass is 32.1. The number of rotatable bonds is 6. The van der Waals surface area contributed by atoms with E-state index in [2.05, 4.69) is 52.3 Å². The highest BCUT2D eigenvalue weighted by Gasteiger charge is 2.04. The Morgan fingerprint density at radius 1 is 1.30 bits per heavy atom. The van der Waals surface area contributed by atoms with Gasteiger partial charge < -0.3 is 9.88 Å². The maximum atomic E-state index is 4.37. The van der Waals surface area contributed by atoms with E-state index in [4.69, 9.17) is 0 Å². The second-order valence-electron chi connectivity index (χ2n) is 4.94. The molecule has 0 fully saturated rings. The van der Waals surface area contributed by atoms with E-state index in [0.29, 0.717) is 0 Å². The molecule has 2 aromatic heterocycles. The van der Waals surface area contributed by atoms with Crippen molar-refractivity contribution in [2.45, 2.75) is 26.4 Å². The van der Waals surface area contributed by atoms with E-state index in [1.165, 1.54) is 22.9 Å². The number of hydrogen-bond acceptors (Lipinski definition) is 3. The molecule has 3 nitrogen and oxygen atoms in total. The van der Waals surface area contributed by atoms with Crippen LogP contribution in [0.4, 0.5) is 0 Å². The van der Waals surface area contributed by atoms with Crippen molar-refractivity contribution in [3.8, 4) is 0 Å². The molecule has 20 heavy (non-hydrogen) atoms. The van der Waals surface area contributed by atoms with E-state index < -0.39 is 0 Å². The number of nitrogens with zero attached hydrogens (tertiary/aromatic N) is 2. The standard InChI is InChI=1S/C16H19N3S/c1-2-6-17-11-13-3-4-14-5-8-19(15(14)10-13)12-16-18-7-9-20-16/h3-5,7-10,17H,2,6,11-12H2,1H3. The van der Waals surface area contributed by atoms with Crippen LogP contribution in [0.5, 0.6) is 0 Å². The van der Waals surface area contributed by atoms with Gasteiger partial charge in [-0.3, -0.25) is 0 Å². The molecule has 0 saturated heterocycles. The topological polar surface area (TPSA) is 29.9 Å². The predicted molar refractivity (Wildman–Crippen MR) is 85.2 cm³/mol. The molecular formula is C16H19N3S. The first-order chi connectivity index (χ1) is 9.86. The Morgan fingerprint density at radius 2 is 2.25 bits per heavy atom. The zero-order valence-electron chi connectivity index (χ0n) is 11.7. The summed E-state index contributed by atoms with van der Waals surface area (Å²) < 4.78 is 2.28. The minimum absolute atomic E-state index is 0.854. The molecule has 0 aliphatic carbocycles. The van der Waals surface area contributed by atoms with Crippen molar-refractivity contribution in [1.82, 2.24) is 14.9 Å². The Morgan fingerprint density at radius 3 is 3.05 bits per heavy atom. The zero-order chi connectivity index (χ0) is 13.8. The summed E-state index contributed by atoms with van der Waals surface area (Å²) in [6.07, 6.45) is 5.18. The summed E-state index contributed by atoms with van der Waals surface area (Å²) in [6, 6.07) is 8.87. The molecule has 3 rings (SSSR count). The molecule has 3 aromatic rings. The van der Waals surface area contributed by atoms with Gasteiger partial charge in [0.1, 0.15) is 5.01 Å². The van der Waals surface area contributed by atoms with Crippen LogP contribution in [-0.2, 0) is 13.1 Å². The Kier molecular flexibility index (Phi) is 4.14. The number of hydrogen-bond donors (Lipinski definition) is 1. The van der Waals surface area contributed by atoms with Crippen LogP contribution in [0.1, 0.15) is 23.9 Å². The molecule has 4 heteroatoms. The van der Waals surface area contributed by atoms with E-state index in [1.807, 2.05) is 11.6 Å². The van der Waals surface area contributed by atoms with Crippen LogP contribution in [-0.4, -0.2) is 16.1 Å². The maximum absolute atomic E-state index is 4.37. The second-order valence-corrected chi connectivity index (χ2v) is 5.92. The minimum Gasteiger partial charge on any atom is -0.341 e. The molecule has 0 spiro atoms. The quantitative estimate of drug-likeness (QED) is 0.701. The van der Waals surface area contributed by atoms with Crippen LogP contribution < -0.4 is 5.32 Å². The van der Waals surface area contributed by atoms with Gasteiger partial charge in [0.05, 0.1) is 6.54 Å². The van der Waals surface area contributed by atoms with Crippen molar-refractivity contribution in [3.63, 3.8) is 0 Å². The highest BCUT2D eigenvalue weighted by Crippen LogP contribution is 2.19. The van der Waals surface area contributed by atoms with Gasteiger partial charge in [0.25, 0.3) is 0 Å². The number of aromatic nitrogens is 2. The van der Waals surface area contributed by atoms with Gasteiger partial charge >= 0.3 is 0 Å². The Hall–Kier alpha value is -1.65. The summed E-state index contributed by atoms with van der Waals surface area (Å²) in [6.45, 7) is 5.05. The largest absolute Gasteiger partial charge is 0.341 e. The molecule has 0 unspecified atom stereocenters. The summed E-state index contributed by atoms with van der Waals surface area (Å²) in [5, 5.41) is 7.93. The van der Waals surface area contributed by atoms with Gasteiger partial charge in [-0.15, -0.1) is 11.3 Å². The molecule has 2 heterocycles. The van der Waals surface area contributed by atoms with Gasteiger partial charge in [0, 0.05) is 29.8 Å². The SMILES string of the molecule is CCCNCc1ccc2ccn(Cc3nccs3)c2c1. The van der Waals surface area contributed by atoms with E-state index in [9.17, 15) is 0 Å². The molecule has 1 N–H and O–H groups in total. The first-order valence-electron chi connectivity index (χ1n) is 7.03. The van der Waals surface area contributed by atoms with Gasteiger partial charge in [0.15, 0.2) is 0 Å². The van der Waals surface area contributed by atoms with Crippen molar-refractivity contribution in [1.29, 1.82) is 0 Å². The fourth-order valence-electron chi connectivity index (χ4n) is 2.36. The van der Waals surface area contributed by atoms with Gasteiger partial charge in [0.2, 0.25) is 0 Å². The van der Waals surface area contributed by atoms with Crippen molar-refractivity contribution in [3.05, 3.63) is 52.6 Å². The molecule has 0 atom stereocenters. The van der Waals surface area contributed by atoms with Gasteiger partial charge in [-0.25, -0.2) is 4.98 Å². The van der Waals surface area contributed by atoms with Crippen LogP contribution in [0.25, 0.3) is 10.9 Å². The number of benzene rings is 1. The van der Waals surface area contributed by atoms with Crippen LogP contribution in [0.3, 0.4) is 0 Å². The second kappa shape index (κ2) is 6.20. The zero-order valence-corrected chi connectivity index (χ0v) is 12.5. The van der Waals surface area contributed by atoms with Crippen LogP contribution in [0.2, 0.25) is 0 Å². The average molecular weight is 285 g/mol. The van der Waals surface area contributed by atoms with Crippen LogP contribution in [0.15, 0.2) is 42.0 Å². The van der Waals surface area contributed by atoms with Crippen molar-refractivity contribution >= 4 is 22.2 Å². The molecule has 0 radical (unpaired) electrons. The maximum Gasteiger partial charge on any atom is 0.112 e. The van der Waals surface area contributed by atoms with Gasteiger partial charge in [-0.1, -0.05) is 19.1 Å². The fraction of sp³-hybridized carbons (Fsp3) is 0.312. The smallest absolute Gasteiger partial charge is 0.112 e. The lowest BCUT2D eigenvalue weighted by molar-refractivity contribution is 0.675. The van der Waals surface area contributed by atoms with Crippen LogP contribution >= 0.6 is 11.3 Å². The molecule has 0 aliphatic rings. The number of thiazole rings is 1. The Bertz CT molecular complexity index is 670. The third-order valence-electron chi connectivity index (χ3n) is 3.38. The molecule has 104 valence electrons. The van der Waals surface area contributed by atoms with E-state index in [0.717, 1.165) is 24.6 Å². The summed E-state index contributed by atoms with van der Waals surface area (Å²) in [7, 11) is 0. The summed E-state index contributed by atoms with van der Waals surface area (Å²) in [5.41, 5.74) is 2.63. The Labute approximate surface area is 123 Å². The lowest BCUT2D eigenvalue weighted by Gasteiger charge is -2.06. The molecule has 1 aromatic carbocycles. The lowest BCUT2D eigenvalue weighted by atomic mass is 10.1. The third-order valence-corrected chi connectivity index (χ3v) is 4.15. The number of fused-ring (bicyclic) bond motifs is 1. The normalized spacial score (nSPS) is 11.2. The fourth-order valence-corrected chi connectivity index (χ4v) is 2.98. The molecule has 0 saturated carbocycles. The van der Waals surface area contributed by atoms with Crippen molar-refractivity contribution < 1.29 is 0 Å². The first-order valence-corrected chi connectivity index (χ1v) is 7.91. The molecule has 0 aliphatic heterocycles. The van der Waals surface area contributed by atoms with Crippen molar-refractivity contribution in [2.75, 3.05) is 6.54 Å². The van der Waals surface area contributed by atoms with E-state index >= 15 is 0 Å². The number of nitrogens with one attached hydrogen (secondary N) is 1. The third kappa shape index (κ3) is 2.92. The molecular weight excluding hydrogens is 266 g/mol. The van der Waals surface area contributed by atoms with Gasteiger partial charge in [-0.2, -0.15) is 0 Å². The van der Waals surface area contributed by atoms with E-state index in [-0.39, 0.29) is 0 Å². The molecule has 0 bridgehead atoms. The first kappa shape index (κ1) is 13.3. The summed E-state index contributed by atoms with van der Waals surface area (Å²) in [4.78, 5) is 4.37. The average Bonchev–Trinajstić information content (AvgIpc) is 3.10. The Balaban J connectivity index is 1.83. The van der Waals surface area contributed by atoms with Crippen LogP contribution in [0, 0.1) is 0 Å². The van der Waals surface area contributed by atoms with Crippen molar-refractivity contribution in [2.24, 2.45) is 0 Å². The summed E-state index contributed by atoms with van der Waals surface area (Å²) >= 11 is 1.71.